The van der Waals surface area contributed by atoms with Crippen LogP contribution in [0.2, 0.25) is 0 Å². The summed E-state index contributed by atoms with van der Waals surface area (Å²) in [7, 11) is 0. The Kier molecular flexibility index (Phi) is 18.5. The summed E-state index contributed by atoms with van der Waals surface area (Å²) in [5.74, 6) is -5.28. The number of ketones is 1. The van der Waals surface area contributed by atoms with Gasteiger partial charge in [0.15, 0.2) is 0 Å². The molecule has 0 aromatic heterocycles. The first kappa shape index (κ1) is 39.7. The quantitative estimate of drug-likeness (QED) is 0.0922. The second-order valence-corrected chi connectivity index (χ2v) is 11.1. The predicted molar refractivity (Wildman–Crippen MR) is 154 cm³/mol. The highest BCUT2D eigenvalue weighted by molar-refractivity contribution is 5.79. The van der Waals surface area contributed by atoms with Gasteiger partial charge in [-0.1, -0.05) is 13.8 Å². The number of aliphatic carboxylic acids is 4. The number of carboxylic acid groups (broad SMARTS) is 4. The fourth-order valence-corrected chi connectivity index (χ4v) is 4.21. The molecule has 0 atom stereocenters. The molecule has 0 aliphatic rings. The highest BCUT2D eigenvalue weighted by atomic mass is 16.5. The predicted octanol–water partition coefficient (Wildman–Crippen LogP) is -5.36. The van der Waals surface area contributed by atoms with Crippen molar-refractivity contribution in [1.82, 2.24) is 20.0 Å². The lowest BCUT2D eigenvalue weighted by Gasteiger charge is -2.30. The summed E-state index contributed by atoms with van der Waals surface area (Å²) >= 11 is 0. The molecule has 0 fully saturated rings. The lowest BCUT2D eigenvalue weighted by Crippen LogP contribution is -2.49. The van der Waals surface area contributed by atoms with Crippen molar-refractivity contribution in [3.05, 3.63) is 23.8 Å². The van der Waals surface area contributed by atoms with Gasteiger partial charge in [0.1, 0.15) is 17.3 Å². The van der Waals surface area contributed by atoms with E-state index < -0.39 is 49.4 Å². The summed E-state index contributed by atoms with van der Waals surface area (Å²) in [6.07, 6.45) is -0.0410. The van der Waals surface area contributed by atoms with Gasteiger partial charge < -0.3 is 54.4 Å². The van der Waals surface area contributed by atoms with Crippen molar-refractivity contribution < 1.29 is 58.7 Å². The zero-order valence-electron chi connectivity index (χ0n) is 26.4. The maximum absolute atomic E-state index is 12.5. The third kappa shape index (κ3) is 19.2. The Balaban J connectivity index is 2.66. The van der Waals surface area contributed by atoms with Crippen molar-refractivity contribution in [3.63, 3.8) is 0 Å². The maximum Gasteiger partial charge on any atom is 0.234 e. The van der Waals surface area contributed by atoms with E-state index in [2.05, 4.69) is 5.32 Å². The van der Waals surface area contributed by atoms with Crippen LogP contribution in [-0.4, -0.2) is 129 Å². The van der Waals surface area contributed by atoms with Gasteiger partial charge in [-0.2, -0.15) is 0 Å². The Bertz CT molecular complexity index is 1160. The van der Waals surface area contributed by atoms with E-state index in [-0.39, 0.29) is 70.5 Å². The number of rotatable bonds is 26. The Labute approximate surface area is 267 Å². The van der Waals surface area contributed by atoms with Crippen LogP contribution in [0.25, 0.3) is 0 Å². The summed E-state index contributed by atoms with van der Waals surface area (Å²) in [6, 6.07) is 4.83. The number of hydrogen-bond donors (Lipinski definition) is 1. The fourth-order valence-electron chi connectivity index (χ4n) is 4.21. The first-order chi connectivity index (χ1) is 21.6. The van der Waals surface area contributed by atoms with Crippen LogP contribution in [0.5, 0.6) is 11.5 Å². The van der Waals surface area contributed by atoms with Crippen molar-refractivity contribution in [1.29, 1.82) is 0 Å². The second kappa shape index (κ2) is 21.5. The van der Waals surface area contributed by atoms with Gasteiger partial charge in [-0.05, 0) is 37.5 Å². The summed E-state index contributed by atoms with van der Waals surface area (Å²) in [4.78, 5) is 72.6. The molecule has 1 aromatic carbocycles. The van der Waals surface area contributed by atoms with E-state index in [9.17, 15) is 49.2 Å². The first-order valence-corrected chi connectivity index (χ1v) is 14.8. The van der Waals surface area contributed by atoms with Crippen LogP contribution in [0, 0.1) is 5.92 Å². The van der Waals surface area contributed by atoms with Gasteiger partial charge in [-0.15, -0.1) is 0 Å². The summed E-state index contributed by atoms with van der Waals surface area (Å²) < 4.78 is 11.3. The SMILES string of the molecule is CC(=O)CN(CCN(CCN(CC(=O)[O-])CC(=O)NCCCOc1ccc(OCC(C)C)cc1CC(=O)[O-])CC(=O)[O-])CC(=O)[O-]. The first-order valence-electron chi connectivity index (χ1n) is 14.8. The average molecular weight is 651 g/mol. The van der Waals surface area contributed by atoms with Crippen LogP contribution in [0.4, 0.5) is 0 Å². The number of carboxylic acids is 4. The van der Waals surface area contributed by atoms with E-state index in [1.807, 2.05) is 13.8 Å². The topological polar surface area (TPSA) is 235 Å². The van der Waals surface area contributed by atoms with Crippen molar-refractivity contribution in [2.45, 2.75) is 33.6 Å². The van der Waals surface area contributed by atoms with Crippen LogP contribution < -0.4 is 35.2 Å². The van der Waals surface area contributed by atoms with Gasteiger partial charge in [-0.25, -0.2) is 0 Å². The molecule has 16 nitrogen and oxygen atoms in total. The molecule has 0 spiro atoms. The van der Waals surface area contributed by atoms with E-state index in [1.54, 1.807) is 18.2 Å². The number of hydrogen-bond acceptors (Lipinski definition) is 15. The van der Waals surface area contributed by atoms with Crippen molar-refractivity contribution in [3.8, 4) is 11.5 Å². The molecule has 0 aliphatic carbocycles. The lowest BCUT2D eigenvalue weighted by molar-refractivity contribution is -0.308. The molecule has 0 radical (unpaired) electrons. The smallest absolute Gasteiger partial charge is 0.234 e. The summed E-state index contributed by atoms with van der Waals surface area (Å²) in [6.45, 7) is 3.69. The van der Waals surface area contributed by atoms with E-state index in [0.29, 0.717) is 30.1 Å². The zero-order valence-corrected chi connectivity index (χ0v) is 26.4. The number of nitrogens with zero attached hydrogens (tertiary/aromatic N) is 3. The molecule has 258 valence electrons. The minimum atomic E-state index is -1.46. The fraction of sp³-hybridized carbons (Fsp3) is 0.600. The molecule has 1 aromatic rings. The molecule has 0 aliphatic heterocycles. The van der Waals surface area contributed by atoms with E-state index >= 15 is 0 Å². The van der Waals surface area contributed by atoms with Gasteiger partial charge in [0, 0.05) is 70.3 Å². The Morgan fingerprint density at radius 1 is 0.739 bits per heavy atom. The van der Waals surface area contributed by atoms with Crippen LogP contribution in [0.1, 0.15) is 32.8 Å². The monoisotopic (exact) mass is 650 g/mol. The Hall–Kier alpha value is -4.28. The number of ether oxygens (including phenoxy) is 2. The third-order valence-electron chi connectivity index (χ3n) is 6.19. The molecule has 46 heavy (non-hydrogen) atoms. The standard InChI is InChI=1S/C30H46N4O12/c1-21(2)20-46-24-5-6-25(23(13-24)14-27(37)38)45-12-4-7-31-26(36)16-34(19-30(43)44)11-9-32(17-28(39)40)8-10-33(15-22(3)35)18-29(41)42/h5-6,13,21H,4,7-12,14-20H2,1-3H3,(H,31,36)(H,37,38)(H,39,40)(H,41,42)(H,43,44)/p-4. The highest BCUT2D eigenvalue weighted by Crippen LogP contribution is 2.25. The third-order valence-corrected chi connectivity index (χ3v) is 6.19. The van der Waals surface area contributed by atoms with Crippen LogP contribution in [0.3, 0.4) is 0 Å². The molecule has 0 saturated heterocycles. The number of nitrogens with one attached hydrogen (secondary N) is 1. The second-order valence-electron chi connectivity index (χ2n) is 11.1. The van der Waals surface area contributed by atoms with Crippen molar-refractivity contribution in [2.24, 2.45) is 5.92 Å². The van der Waals surface area contributed by atoms with Gasteiger partial charge in [0.25, 0.3) is 0 Å². The van der Waals surface area contributed by atoms with Crippen LogP contribution in [-0.2, 0) is 35.2 Å². The number of amides is 1. The normalized spacial score (nSPS) is 11.2. The minimum Gasteiger partial charge on any atom is -0.550 e. The summed E-state index contributed by atoms with van der Waals surface area (Å²) in [5, 5.41) is 47.4. The van der Waals surface area contributed by atoms with Crippen molar-refractivity contribution >= 4 is 35.6 Å². The number of benzene rings is 1. The molecule has 0 unspecified atom stereocenters. The van der Waals surface area contributed by atoms with E-state index in [1.165, 1.54) is 21.6 Å². The van der Waals surface area contributed by atoms with Crippen molar-refractivity contribution in [2.75, 3.05) is 78.7 Å². The maximum atomic E-state index is 12.5. The molecule has 1 amide bonds. The lowest BCUT2D eigenvalue weighted by atomic mass is 10.1. The molecule has 16 heteroatoms. The van der Waals surface area contributed by atoms with E-state index in [0.717, 1.165) is 0 Å². The number of carbonyl (C=O) groups excluding carboxylic acids is 6. The highest BCUT2D eigenvalue weighted by Gasteiger charge is 2.16. The molecular formula is C30H42N4O12-4. The largest absolute Gasteiger partial charge is 0.550 e. The molecule has 1 rings (SSSR count). The van der Waals surface area contributed by atoms with Gasteiger partial charge in [0.05, 0.1) is 44.2 Å². The van der Waals surface area contributed by atoms with Gasteiger partial charge in [0.2, 0.25) is 5.91 Å². The zero-order chi connectivity index (χ0) is 34.6. The van der Waals surface area contributed by atoms with Crippen LogP contribution in [0.15, 0.2) is 18.2 Å². The molecule has 0 bridgehead atoms. The molecular weight excluding hydrogens is 608 g/mol. The summed E-state index contributed by atoms with van der Waals surface area (Å²) in [5.41, 5.74) is 0.376. The number of Topliss-reactive ketones (excluding diaryl/α,β-unsaturated/α-hetero) is 1. The Morgan fingerprint density at radius 2 is 1.28 bits per heavy atom. The van der Waals surface area contributed by atoms with Crippen LogP contribution >= 0.6 is 0 Å². The average Bonchev–Trinajstić information content (AvgIpc) is 2.92. The van der Waals surface area contributed by atoms with Gasteiger partial charge in [-0.3, -0.25) is 24.3 Å². The minimum absolute atomic E-state index is 0.00856. The number of carbonyl (C=O) groups is 6. The molecule has 1 N–H and O–H groups in total. The molecule has 0 saturated carbocycles. The Morgan fingerprint density at radius 3 is 1.80 bits per heavy atom. The molecule has 0 heterocycles. The van der Waals surface area contributed by atoms with E-state index in [4.69, 9.17) is 9.47 Å². The van der Waals surface area contributed by atoms with Gasteiger partial charge >= 0.3 is 0 Å².